The average molecular weight is 524 g/mol. The van der Waals surface area contributed by atoms with Crippen LogP contribution in [0.15, 0.2) is 42.6 Å². The van der Waals surface area contributed by atoms with Crippen LogP contribution in [0, 0.1) is 17.2 Å². The Morgan fingerprint density at radius 3 is 2.82 bits per heavy atom. The first-order valence-corrected chi connectivity index (χ1v) is 13.2. The van der Waals surface area contributed by atoms with Crippen molar-refractivity contribution in [2.75, 3.05) is 37.9 Å². The summed E-state index contributed by atoms with van der Waals surface area (Å²) in [4.78, 5) is 27.5. The molecule has 2 aliphatic rings. The molecule has 39 heavy (non-hydrogen) atoms. The zero-order valence-electron chi connectivity index (χ0n) is 22.5. The predicted molar refractivity (Wildman–Crippen MR) is 151 cm³/mol. The van der Waals surface area contributed by atoms with Gasteiger partial charge in [0.05, 0.1) is 40.6 Å². The molecule has 200 valence electrons. The molecule has 0 unspecified atom stereocenters. The number of benzene rings is 1. The van der Waals surface area contributed by atoms with Crippen molar-refractivity contribution in [3.63, 3.8) is 0 Å². The number of hydrogen-bond donors (Lipinski definition) is 3. The molecule has 5 rings (SSSR count). The van der Waals surface area contributed by atoms with Crippen LogP contribution in [0.2, 0.25) is 0 Å². The van der Waals surface area contributed by atoms with E-state index in [-0.39, 0.29) is 12.5 Å². The first-order chi connectivity index (χ1) is 18.8. The van der Waals surface area contributed by atoms with Crippen LogP contribution in [0.4, 0.5) is 17.3 Å². The molecule has 0 spiro atoms. The number of fused-ring (bicyclic) bond motifs is 1. The zero-order valence-corrected chi connectivity index (χ0v) is 22.5. The molecular weight excluding hydrogens is 490 g/mol. The Bertz CT molecular complexity index is 1470. The van der Waals surface area contributed by atoms with Crippen LogP contribution in [-0.4, -0.2) is 58.1 Å². The highest BCUT2D eigenvalue weighted by molar-refractivity contribution is 5.91. The minimum atomic E-state index is -0.472. The number of likely N-dealkylation sites (N-methyl/N-ethyl adjacent to an activating group) is 1. The highest BCUT2D eigenvalue weighted by atomic mass is 16.3. The molecule has 0 radical (unpaired) electrons. The number of nitriles is 1. The van der Waals surface area contributed by atoms with Crippen molar-refractivity contribution in [1.82, 2.24) is 19.9 Å². The molecule has 2 aromatic heterocycles. The standard InChI is InChI=1S/C30H33N7O2/c1-30(18-38)17-33-28-21(16-31)14-20(15-23(28)30)24-12-13-32-29(35-24)36-26-10-7-22(8-11-27(39)37(2)3)34-25(26)9-6-19-4-5-19/h7-8,10-15,19,33,38H,4-6,9,17-18H2,1-3H3,(H,32,35,36)/b11-8+/t30-/m1/s1. The fourth-order valence-electron chi connectivity index (χ4n) is 4.73. The summed E-state index contributed by atoms with van der Waals surface area (Å²) in [5.74, 6) is 1.09. The lowest BCUT2D eigenvalue weighted by molar-refractivity contribution is -0.123. The number of rotatable bonds is 9. The third kappa shape index (κ3) is 5.76. The van der Waals surface area contributed by atoms with E-state index in [1.165, 1.54) is 23.8 Å². The molecule has 1 aliphatic heterocycles. The van der Waals surface area contributed by atoms with Crippen LogP contribution in [0.1, 0.15) is 48.7 Å². The van der Waals surface area contributed by atoms with Gasteiger partial charge in [-0.1, -0.05) is 19.8 Å². The van der Waals surface area contributed by atoms with Crippen molar-refractivity contribution in [3.05, 3.63) is 65.1 Å². The summed E-state index contributed by atoms with van der Waals surface area (Å²) in [6, 6.07) is 11.7. The first-order valence-electron chi connectivity index (χ1n) is 13.2. The quantitative estimate of drug-likeness (QED) is 0.355. The summed E-state index contributed by atoms with van der Waals surface area (Å²) in [7, 11) is 3.43. The van der Waals surface area contributed by atoms with Crippen molar-refractivity contribution >= 4 is 29.3 Å². The van der Waals surface area contributed by atoms with Crippen molar-refractivity contribution in [2.24, 2.45) is 5.92 Å². The second-order valence-corrected chi connectivity index (χ2v) is 10.8. The Morgan fingerprint density at radius 1 is 1.28 bits per heavy atom. The smallest absolute Gasteiger partial charge is 0.246 e. The van der Waals surface area contributed by atoms with Gasteiger partial charge in [0.25, 0.3) is 0 Å². The summed E-state index contributed by atoms with van der Waals surface area (Å²) in [6.07, 6.45) is 9.36. The number of nitrogens with zero attached hydrogens (tertiary/aromatic N) is 5. The maximum Gasteiger partial charge on any atom is 0.246 e. The van der Waals surface area contributed by atoms with Gasteiger partial charge in [-0.25, -0.2) is 9.97 Å². The predicted octanol–water partition coefficient (Wildman–Crippen LogP) is 4.27. The molecule has 9 nitrogen and oxygen atoms in total. The summed E-state index contributed by atoms with van der Waals surface area (Å²) in [5, 5.41) is 26.4. The molecule has 1 saturated carbocycles. The molecule has 3 N–H and O–H groups in total. The molecule has 1 amide bonds. The normalized spacial score (nSPS) is 17.9. The number of carbonyl (C=O) groups is 1. The summed E-state index contributed by atoms with van der Waals surface area (Å²) < 4.78 is 0. The van der Waals surface area contributed by atoms with Gasteiger partial charge in [0.2, 0.25) is 11.9 Å². The maximum absolute atomic E-state index is 12.0. The second kappa shape index (κ2) is 10.8. The Balaban J connectivity index is 1.44. The van der Waals surface area contributed by atoms with E-state index in [0.29, 0.717) is 23.8 Å². The monoisotopic (exact) mass is 523 g/mol. The molecule has 9 heteroatoms. The fraction of sp³-hybridized carbons (Fsp3) is 0.367. The van der Waals surface area contributed by atoms with Gasteiger partial charge in [-0.2, -0.15) is 5.26 Å². The Labute approximate surface area is 228 Å². The Kier molecular flexibility index (Phi) is 7.31. The SMILES string of the molecule is CN(C)C(=O)/C=C/c1ccc(Nc2nccc(-c3cc(C#N)c4c(c3)[C@@](C)(CO)CN4)n2)c(CCC2CC2)n1. The van der Waals surface area contributed by atoms with E-state index in [2.05, 4.69) is 21.7 Å². The number of anilines is 3. The highest BCUT2D eigenvalue weighted by Gasteiger charge is 2.36. The highest BCUT2D eigenvalue weighted by Crippen LogP contribution is 2.41. The van der Waals surface area contributed by atoms with E-state index in [4.69, 9.17) is 9.97 Å². The van der Waals surface area contributed by atoms with Crippen LogP contribution < -0.4 is 10.6 Å². The maximum atomic E-state index is 12.0. The molecule has 3 heterocycles. The number of aromatic nitrogens is 3. The molecular formula is C30H33N7O2. The third-order valence-electron chi connectivity index (χ3n) is 7.43. The van der Waals surface area contributed by atoms with Gasteiger partial charge < -0.3 is 20.6 Å². The van der Waals surface area contributed by atoms with Crippen LogP contribution >= 0.6 is 0 Å². The second-order valence-electron chi connectivity index (χ2n) is 10.8. The van der Waals surface area contributed by atoms with Gasteiger partial charge in [-0.3, -0.25) is 9.78 Å². The molecule has 3 aromatic rings. The van der Waals surface area contributed by atoms with E-state index < -0.39 is 5.41 Å². The lowest BCUT2D eigenvalue weighted by Gasteiger charge is -2.21. The van der Waals surface area contributed by atoms with E-state index in [9.17, 15) is 15.2 Å². The van der Waals surface area contributed by atoms with Gasteiger partial charge in [0, 0.05) is 43.9 Å². The van der Waals surface area contributed by atoms with Crippen molar-refractivity contribution in [3.8, 4) is 17.3 Å². The van der Waals surface area contributed by atoms with E-state index in [1.807, 2.05) is 37.3 Å². The number of aliphatic hydroxyl groups excluding tert-OH is 1. The number of carbonyl (C=O) groups excluding carboxylic acids is 1. The topological polar surface area (TPSA) is 127 Å². The van der Waals surface area contributed by atoms with Crippen LogP contribution in [-0.2, 0) is 16.6 Å². The van der Waals surface area contributed by atoms with Gasteiger partial charge >= 0.3 is 0 Å². The Hall–Kier alpha value is -4.29. The molecule has 0 saturated heterocycles. The van der Waals surface area contributed by atoms with Crippen molar-refractivity contribution < 1.29 is 9.90 Å². The number of aliphatic hydroxyl groups is 1. The summed E-state index contributed by atoms with van der Waals surface area (Å²) in [5.41, 5.74) is 5.66. The van der Waals surface area contributed by atoms with Gasteiger partial charge in [-0.15, -0.1) is 0 Å². The zero-order chi connectivity index (χ0) is 27.6. The number of pyridine rings is 1. The summed E-state index contributed by atoms with van der Waals surface area (Å²) >= 11 is 0. The molecule has 1 atom stereocenters. The number of aryl methyl sites for hydroxylation is 1. The molecule has 0 bridgehead atoms. The average Bonchev–Trinajstić information content (AvgIpc) is 3.72. The number of amides is 1. The lowest BCUT2D eigenvalue weighted by atomic mass is 9.83. The van der Waals surface area contributed by atoms with Gasteiger partial charge in [0.15, 0.2) is 0 Å². The van der Waals surface area contributed by atoms with Crippen LogP contribution in [0.3, 0.4) is 0 Å². The van der Waals surface area contributed by atoms with Gasteiger partial charge in [0.1, 0.15) is 6.07 Å². The first kappa shape index (κ1) is 26.3. The number of hydrogen-bond acceptors (Lipinski definition) is 8. The van der Waals surface area contributed by atoms with E-state index in [1.54, 1.807) is 26.4 Å². The van der Waals surface area contributed by atoms with Crippen molar-refractivity contribution in [2.45, 2.75) is 38.0 Å². The van der Waals surface area contributed by atoms with Crippen LogP contribution in [0.25, 0.3) is 17.3 Å². The van der Waals surface area contributed by atoms with Crippen LogP contribution in [0.5, 0.6) is 0 Å². The largest absolute Gasteiger partial charge is 0.395 e. The molecule has 1 fully saturated rings. The number of nitrogens with one attached hydrogen (secondary N) is 2. The summed E-state index contributed by atoms with van der Waals surface area (Å²) in [6.45, 7) is 2.52. The minimum Gasteiger partial charge on any atom is -0.395 e. The molecule has 1 aliphatic carbocycles. The van der Waals surface area contributed by atoms with Gasteiger partial charge in [-0.05, 0) is 60.7 Å². The van der Waals surface area contributed by atoms with Crippen molar-refractivity contribution in [1.29, 1.82) is 5.26 Å². The third-order valence-corrected chi connectivity index (χ3v) is 7.43. The lowest BCUT2D eigenvalue weighted by Crippen LogP contribution is -2.28. The van der Waals surface area contributed by atoms with E-state index >= 15 is 0 Å². The minimum absolute atomic E-state index is 0.0248. The molecule has 1 aromatic carbocycles. The van der Waals surface area contributed by atoms with E-state index in [0.717, 1.165) is 52.6 Å². The fourth-order valence-corrected chi connectivity index (χ4v) is 4.73. The Morgan fingerprint density at radius 2 is 2.10 bits per heavy atom.